The Morgan fingerprint density at radius 1 is 1.31 bits per heavy atom. The molecule has 3 rings (SSSR count). The van der Waals surface area contributed by atoms with Gasteiger partial charge in [0, 0.05) is 30.4 Å². The Balaban J connectivity index is 2.36. The van der Waals surface area contributed by atoms with Gasteiger partial charge in [-0.15, -0.1) is 0 Å². The second-order valence-corrected chi connectivity index (χ2v) is 6.64. The van der Waals surface area contributed by atoms with Gasteiger partial charge < -0.3 is 9.57 Å². The molecule has 1 aliphatic rings. The van der Waals surface area contributed by atoms with Crippen LogP contribution < -0.4 is 10.3 Å². The molecule has 0 bridgehead atoms. The average molecular weight is 351 g/mol. The van der Waals surface area contributed by atoms with Crippen LogP contribution in [0.4, 0.5) is 0 Å². The number of hydrogen-bond donors (Lipinski definition) is 0. The van der Waals surface area contributed by atoms with Crippen LogP contribution in [-0.4, -0.2) is 35.9 Å². The van der Waals surface area contributed by atoms with Gasteiger partial charge in [0.25, 0.3) is 5.56 Å². The first kappa shape index (κ1) is 17.9. The van der Waals surface area contributed by atoms with Crippen LogP contribution in [0.5, 0.6) is 5.75 Å². The van der Waals surface area contributed by atoms with Crippen LogP contribution in [0.2, 0.25) is 0 Å². The van der Waals surface area contributed by atoms with E-state index in [1.807, 2.05) is 27.0 Å². The van der Waals surface area contributed by atoms with Gasteiger partial charge in [0.05, 0.1) is 31.0 Å². The molecule has 6 nitrogen and oxygen atoms in total. The number of nitriles is 1. The highest BCUT2D eigenvalue weighted by atomic mass is 16.7. The second kappa shape index (κ2) is 6.79. The Morgan fingerprint density at radius 2 is 2.08 bits per heavy atom. The maximum absolute atomic E-state index is 12.6. The standard InChI is InChI=1S/C20H21N3O3/c1-20(2)16(13-22(3)25-4)19(23-10-6-5-7-18(23)24)15-11-14(12-21)8-9-17(15)26-20/h5-11H,13H2,1-4H3. The van der Waals surface area contributed by atoms with Crippen LogP contribution >= 0.6 is 0 Å². The van der Waals surface area contributed by atoms with Crippen molar-refractivity contribution in [3.8, 4) is 11.8 Å². The number of aromatic nitrogens is 1. The molecule has 0 spiro atoms. The molecule has 0 radical (unpaired) electrons. The van der Waals surface area contributed by atoms with Crippen molar-refractivity contribution in [2.24, 2.45) is 0 Å². The topological polar surface area (TPSA) is 67.5 Å². The number of hydrogen-bond acceptors (Lipinski definition) is 5. The molecule has 2 aromatic rings. The van der Waals surface area contributed by atoms with Crippen LogP contribution in [-0.2, 0) is 4.84 Å². The first-order valence-electron chi connectivity index (χ1n) is 8.28. The van der Waals surface area contributed by atoms with E-state index in [1.54, 1.807) is 47.2 Å². The zero-order valence-corrected chi connectivity index (χ0v) is 15.3. The van der Waals surface area contributed by atoms with Crippen molar-refractivity contribution in [1.82, 2.24) is 9.63 Å². The number of rotatable bonds is 4. The molecule has 26 heavy (non-hydrogen) atoms. The quantitative estimate of drug-likeness (QED) is 0.792. The Labute approximate surface area is 152 Å². The van der Waals surface area contributed by atoms with Crippen molar-refractivity contribution >= 4 is 5.70 Å². The fourth-order valence-corrected chi connectivity index (χ4v) is 3.10. The molecule has 6 heteroatoms. The lowest BCUT2D eigenvalue weighted by atomic mass is 9.88. The summed E-state index contributed by atoms with van der Waals surface area (Å²) in [4.78, 5) is 17.9. The third-order valence-electron chi connectivity index (χ3n) is 4.50. The normalized spacial score (nSPS) is 15.4. The first-order chi connectivity index (χ1) is 12.4. The maximum Gasteiger partial charge on any atom is 0.255 e. The first-order valence-corrected chi connectivity index (χ1v) is 8.28. The lowest BCUT2D eigenvalue weighted by molar-refractivity contribution is -0.105. The minimum Gasteiger partial charge on any atom is -0.483 e. The third-order valence-corrected chi connectivity index (χ3v) is 4.50. The van der Waals surface area contributed by atoms with Crippen molar-refractivity contribution in [3.05, 3.63) is 69.6 Å². The molecule has 0 unspecified atom stereocenters. The molecule has 0 atom stereocenters. The Kier molecular flexibility index (Phi) is 4.68. The average Bonchev–Trinajstić information content (AvgIpc) is 2.62. The molecule has 0 aliphatic carbocycles. The number of ether oxygens (including phenoxy) is 1. The summed E-state index contributed by atoms with van der Waals surface area (Å²) in [6, 6.07) is 12.4. The second-order valence-electron chi connectivity index (χ2n) is 6.64. The van der Waals surface area contributed by atoms with Gasteiger partial charge in [-0.1, -0.05) is 6.07 Å². The number of hydroxylamine groups is 2. The smallest absolute Gasteiger partial charge is 0.255 e. The van der Waals surface area contributed by atoms with E-state index in [0.717, 1.165) is 16.8 Å². The van der Waals surface area contributed by atoms with Crippen LogP contribution in [0.15, 0.2) is 53.0 Å². The molecular formula is C20H21N3O3. The van der Waals surface area contributed by atoms with E-state index in [0.29, 0.717) is 17.9 Å². The number of benzene rings is 1. The molecule has 2 heterocycles. The van der Waals surface area contributed by atoms with Crippen molar-refractivity contribution in [2.45, 2.75) is 19.4 Å². The van der Waals surface area contributed by atoms with Crippen molar-refractivity contribution in [1.29, 1.82) is 5.26 Å². The van der Waals surface area contributed by atoms with E-state index in [1.165, 1.54) is 6.07 Å². The molecular weight excluding hydrogens is 330 g/mol. The molecule has 1 aliphatic heterocycles. The van der Waals surface area contributed by atoms with Crippen LogP contribution in [0.3, 0.4) is 0 Å². The zero-order valence-electron chi connectivity index (χ0n) is 15.3. The van der Waals surface area contributed by atoms with Gasteiger partial charge in [-0.3, -0.25) is 9.36 Å². The maximum atomic E-state index is 12.6. The highest BCUT2D eigenvalue weighted by Gasteiger charge is 2.36. The third kappa shape index (κ3) is 3.15. The van der Waals surface area contributed by atoms with Gasteiger partial charge in [-0.25, -0.2) is 0 Å². The summed E-state index contributed by atoms with van der Waals surface area (Å²) < 4.78 is 7.80. The minimum absolute atomic E-state index is 0.147. The molecule has 1 aromatic carbocycles. The lowest BCUT2D eigenvalue weighted by Gasteiger charge is -2.38. The van der Waals surface area contributed by atoms with E-state index >= 15 is 0 Å². The number of likely N-dealkylation sites (N-methyl/N-ethyl adjacent to an activating group) is 1. The number of pyridine rings is 1. The number of nitrogens with zero attached hydrogens (tertiary/aromatic N) is 3. The van der Waals surface area contributed by atoms with Gasteiger partial charge in [-0.2, -0.15) is 10.3 Å². The predicted molar refractivity (Wildman–Crippen MR) is 98.5 cm³/mol. The van der Waals surface area contributed by atoms with Crippen molar-refractivity contribution < 1.29 is 9.57 Å². The van der Waals surface area contributed by atoms with E-state index < -0.39 is 5.60 Å². The SMILES string of the molecule is CON(C)CC1=C(n2ccccc2=O)c2cc(C#N)ccc2OC1(C)C. The van der Waals surface area contributed by atoms with Gasteiger partial charge in [0.15, 0.2) is 0 Å². The zero-order chi connectivity index (χ0) is 18.9. The van der Waals surface area contributed by atoms with Crippen LogP contribution in [0.1, 0.15) is 25.0 Å². The summed E-state index contributed by atoms with van der Waals surface area (Å²) in [6.07, 6.45) is 1.73. The molecule has 0 N–H and O–H groups in total. The summed E-state index contributed by atoms with van der Waals surface area (Å²) >= 11 is 0. The summed E-state index contributed by atoms with van der Waals surface area (Å²) in [5, 5.41) is 11.0. The predicted octanol–water partition coefficient (Wildman–Crippen LogP) is 2.64. The molecule has 0 fully saturated rings. The number of fused-ring (bicyclic) bond motifs is 1. The van der Waals surface area contributed by atoms with Crippen molar-refractivity contribution in [2.75, 3.05) is 20.7 Å². The Hall–Kier alpha value is -2.88. The monoisotopic (exact) mass is 351 g/mol. The van der Waals surface area contributed by atoms with Gasteiger partial charge in [0.2, 0.25) is 0 Å². The fraction of sp³-hybridized carbons (Fsp3) is 0.300. The summed E-state index contributed by atoms with van der Waals surface area (Å²) in [5.74, 6) is 0.642. The van der Waals surface area contributed by atoms with Crippen LogP contribution in [0, 0.1) is 11.3 Å². The van der Waals surface area contributed by atoms with E-state index in [9.17, 15) is 10.1 Å². The lowest BCUT2D eigenvalue weighted by Crippen LogP contribution is -2.41. The van der Waals surface area contributed by atoms with Gasteiger partial charge >= 0.3 is 0 Å². The molecule has 134 valence electrons. The molecule has 0 saturated carbocycles. The highest BCUT2D eigenvalue weighted by molar-refractivity contribution is 5.77. The highest BCUT2D eigenvalue weighted by Crippen LogP contribution is 2.41. The molecule has 0 amide bonds. The van der Waals surface area contributed by atoms with Crippen LogP contribution in [0.25, 0.3) is 5.70 Å². The fourth-order valence-electron chi connectivity index (χ4n) is 3.10. The summed E-state index contributed by atoms with van der Waals surface area (Å²) in [5.41, 5.74) is 2.04. The van der Waals surface area contributed by atoms with Gasteiger partial charge in [-0.05, 0) is 38.1 Å². The Morgan fingerprint density at radius 3 is 2.73 bits per heavy atom. The summed E-state index contributed by atoms with van der Waals surface area (Å²) in [7, 11) is 3.41. The van der Waals surface area contributed by atoms with Gasteiger partial charge in [0.1, 0.15) is 11.4 Å². The van der Waals surface area contributed by atoms with E-state index in [4.69, 9.17) is 9.57 Å². The Bertz CT molecular complexity index is 967. The largest absolute Gasteiger partial charge is 0.483 e. The molecule has 1 aromatic heterocycles. The van der Waals surface area contributed by atoms with E-state index in [-0.39, 0.29) is 5.56 Å². The van der Waals surface area contributed by atoms with Crippen molar-refractivity contribution in [3.63, 3.8) is 0 Å². The molecule has 0 saturated heterocycles. The summed E-state index contributed by atoms with van der Waals surface area (Å²) in [6.45, 7) is 4.36. The van der Waals surface area contributed by atoms with E-state index in [2.05, 4.69) is 6.07 Å². The minimum atomic E-state index is -0.654.